The van der Waals surface area contributed by atoms with E-state index in [0.29, 0.717) is 11.6 Å². The number of guanidine groups is 1. The first-order valence-electron chi connectivity index (χ1n) is 10.8. The minimum atomic E-state index is -0.753. The fourth-order valence-electron chi connectivity index (χ4n) is 3.79. The van der Waals surface area contributed by atoms with Crippen LogP contribution in [0, 0.1) is 12.7 Å². The van der Waals surface area contributed by atoms with Crippen LogP contribution in [0.3, 0.4) is 0 Å². The van der Waals surface area contributed by atoms with Crippen LogP contribution in [0.25, 0.3) is 0 Å². The molecule has 7 heteroatoms. The van der Waals surface area contributed by atoms with E-state index >= 15 is 0 Å². The lowest BCUT2D eigenvalue weighted by atomic mass is 10.0. The molecule has 0 saturated carbocycles. The smallest absolute Gasteiger partial charge is 0.191 e. The van der Waals surface area contributed by atoms with Gasteiger partial charge in [0, 0.05) is 32.2 Å². The van der Waals surface area contributed by atoms with E-state index in [2.05, 4.69) is 51.7 Å². The molecule has 3 N–H and O–H groups in total. The highest BCUT2D eigenvalue weighted by atomic mass is 127. The normalized spacial score (nSPS) is 16.5. The first-order valence-corrected chi connectivity index (χ1v) is 10.8. The van der Waals surface area contributed by atoms with Gasteiger partial charge in [-0.3, -0.25) is 9.89 Å². The molecule has 0 radical (unpaired) electrons. The first-order chi connectivity index (χ1) is 14.5. The largest absolute Gasteiger partial charge is 0.386 e. The quantitative estimate of drug-likeness (QED) is 0.282. The Kier molecular flexibility index (Phi) is 10.7. The third-order valence-corrected chi connectivity index (χ3v) is 5.44. The molecular formula is C24H34FIN4O. The van der Waals surface area contributed by atoms with Crippen LogP contribution in [0.2, 0.25) is 0 Å². The second-order valence-electron chi connectivity index (χ2n) is 7.97. The van der Waals surface area contributed by atoms with Gasteiger partial charge >= 0.3 is 0 Å². The Hall–Kier alpha value is -1.71. The highest BCUT2D eigenvalue weighted by molar-refractivity contribution is 14.0. The second kappa shape index (κ2) is 13.0. The Bertz CT molecular complexity index is 823. The molecule has 1 unspecified atom stereocenters. The maximum atomic E-state index is 13.1. The van der Waals surface area contributed by atoms with Gasteiger partial charge in [0.15, 0.2) is 5.96 Å². The van der Waals surface area contributed by atoms with Crippen molar-refractivity contribution in [3.8, 4) is 0 Å². The van der Waals surface area contributed by atoms with E-state index in [4.69, 9.17) is 0 Å². The first kappa shape index (κ1) is 25.5. The number of likely N-dealkylation sites (tertiary alicyclic amines) is 1. The summed E-state index contributed by atoms with van der Waals surface area (Å²) in [7, 11) is 0. The number of nitrogens with one attached hydrogen (secondary N) is 2. The van der Waals surface area contributed by atoms with Crippen molar-refractivity contribution in [2.45, 2.75) is 45.4 Å². The van der Waals surface area contributed by atoms with Crippen molar-refractivity contribution >= 4 is 29.9 Å². The van der Waals surface area contributed by atoms with Crippen LogP contribution in [-0.2, 0) is 6.54 Å². The Morgan fingerprint density at radius 2 is 1.90 bits per heavy atom. The minimum absolute atomic E-state index is 0. The Morgan fingerprint density at radius 3 is 2.55 bits per heavy atom. The van der Waals surface area contributed by atoms with Gasteiger partial charge in [-0.05, 0) is 49.9 Å². The fraction of sp³-hybridized carbons (Fsp3) is 0.458. The van der Waals surface area contributed by atoms with E-state index in [0.717, 1.165) is 45.0 Å². The number of aliphatic hydroxyl groups excluding tert-OH is 1. The van der Waals surface area contributed by atoms with Crippen LogP contribution in [0.1, 0.15) is 42.6 Å². The van der Waals surface area contributed by atoms with Gasteiger partial charge in [0.1, 0.15) is 5.82 Å². The number of benzene rings is 2. The van der Waals surface area contributed by atoms with E-state index < -0.39 is 6.10 Å². The molecule has 2 aromatic carbocycles. The molecule has 2 aromatic rings. The van der Waals surface area contributed by atoms with Crippen molar-refractivity contribution in [1.29, 1.82) is 0 Å². The standard InChI is InChI=1S/C24H33FN4O.HI/c1-3-26-24(27-16-23(30)20-7-9-21(25)10-8-20)28-22-11-13-29(14-12-22)17-19-6-4-5-18(2)15-19;/h4-10,15,22-23,30H,3,11-14,16-17H2,1-2H3,(H2,26,27,28);1H. The zero-order valence-corrected chi connectivity index (χ0v) is 20.7. The van der Waals surface area contributed by atoms with Gasteiger partial charge in [-0.1, -0.05) is 42.0 Å². The maximum Gasteiger partial charge on any atom is 0.191 e. The van der Waals surface area contributed by atoms with E-state index in [-0.39, 0.29) is 36.3 Å². The SMILES string of the molecule is CCNC(=NCC(O)c1ccc(F)cc1)NC1CCN(Cc2cccc(C)c2)CC1.I. The van der Waals surface area contributed by atoms with Gasteiger partial charge in [0.25, 0.3) is 0 Å². The predicted octanol–water partition coefficient (Wildman–Crippen LogP) is 4.01. The summed E-state index contributed by atoms with van der Waals surface area (Å²) in [5.41, 5.74) is 3.34. The van der Waals surface area contributed by atoms with Crippen molar-refractivity contribution in [3.05, 3.63) is 71.0 Å². The summed E-state index contributed by atoms with van der Waals surface area (Å²) in [5, 5.41) is 17.1. The summed E-state index contributed by atoms with van der Waals surface area (Å²) in [6.07, 6.45) is 1.35. The lowest BCUT2D eigenvalue weighted by Crippen LogP contribution is -2.48. The Labute approximate surface area is 202 Å². The molecule has 1 heterocycles. The van der Waals surface area contributed by atoms with Gasteiger partial charge in [-0.15, -0.1) is 24.0 Å². The maximum absolute atomic E-state index is 13.1. The Balaban J connectivity index is 0.00000341. The highest BCUT2D eigenvalue weighted by Gasteiger charge is 2.20. The molecule has 5 nitrogen and oxygen atoms in total. The van der Waals surface area contributed by atoms with Crippen LogP contribution < -0.4 is 10.6 Å². The number of aliphatic hydroxyl groups is 1. The van der Waals surface area contributed by atoms with E-state index in [9.17, 15) is 9.50 Å². The number of hydrogen-bond donors (Lipinski definition) is 3. The summed E-state index contributed by atoms with van der Waals surface area (Å²) >= 11 is 0. The molecule has 0 aromatic heterocycles. The molecule has 0 bridgehead atoms. The monoisotopic (exact) mass is 540 g/mol. The van der Waals surface area contributed by atoms with Crippen LogP contribution in [0.4, 0.5) is 4.39 Å². The van der Waals surface area contributed by atoms with Gasteiger partial charge in [0.05, 0.1) is 12.6 Å². The van der Waals surface area contributed by atoms with Crippen LogP contribution in [0.15, 0.2) is 53.5 Å². The number of hydrogen-bond acceptors (Lipinski definition) is 3. The average molecular weight is 540 g/mol. The van der Waals surface area contributed by atoms with Crippen molar-refractivity contribution in [3.63, 3.8) is 0 Å². The number of rotatable bonds is 7. The second-order valence-corrected chi connectivity index (χ2v) is 7.97. The topological polar surface area (TPSA) is 59.9 Å². The molecule has 3 rings (SSSR count). The van der Waals surface area contributed by atoms with Gasteiger partial charge in [-0.25, -0.2) is 4.39 Å². The van der Waals surface area contributed by atoms with E-state index in [1.807, 2.05) is 6.92 Å². The molecular weight excluding hydrogens is 506 g/mol. The highest BCUT2D eigenvalue weighted by Crippen LogP contribution is 2.16. The fourth-order valence-corrected chi connectivity index (χ4v) is 3.79. The van der Waals surface area contributed by atoms with Crippen LogP contribution >= 0.6 is 24.0 Å². The molecule has 1 atom stereocenters. The van der Waals surface area contributed by atoms with Gasteiger partial charge < -0.3 is 15.7 Å². The molecule has 0 spiro atoms. The zero-order valence-electron chi connectivity index (χ0n) is 18.4. The van der Waals surface area contributed by atoms with Gasteiger partial charge in [-0.2, -0.15) is 0 Å². The molecule has 31 heavy (non-hydrogen) atoms. The number of aliphatic imine (C=N–C) groups is 1. The molecule has 170 valence electrons. The summed E-state index contributed by atoms with van der Waals surface area (Å²) in [6.45, 7) is 8.23. The predicted molar refractivity (Wildman–Crippen MR) is 135 cm³/mol. The number of nitrogens with zero attached hydrogens (tertiary/aromatic N) is 2. The van der Waals surface area contributed by atoms with Crippen molar-refractivity contribution in [2.75, 3.05) is 26.2 Å². The van der Waals surface area contributed by atoms with Crippen LogP contribution in [-0.4, -0.2) is 48.2 Å². The van der Waals surface area contributed by atoms with Crippen molar-refractivity contribution in [2.24, 2.45) is 4.99 Å². The molecule has 1 fully saturated rings. The lowest BCUT2D eigenvalue weighted by Gasteiger charge is -2.33. The zero-order chi connectivity index (χ0) is 21.3. The molecule has 0 aliphatic carbocycles. The van der Waals surface area contributed by atoms with E-state index in [1.54, 1.807) is 12.1 Å². The molecule has 0 amide bonds. The Morgan fingerprint density at radius 1 is 1.19 bits per heavy atom. The number of piperidine rings is 1. The van der Waals surface area contributed by atoms with Crippen molar-refractivity contribution < 1.29 is 9.50 Å². The van der Waals surface area contributed by atoms with E-state index in [1.165, 1.54) is 23.3 Å². The van der Waals surface area contributed by atoms with Crippen LogP contribution in [0.5, 0.6) is 0 Å². The third-order valence-electron chi connectivity index (χ3n) is 5.44. The lowest BCUT2D eigenvalue weighted by molar-refractivity contribution is 0.186. The molecule has 1 aliphatic heterocycles. The minimum Gasteiger partial charge on any atom is -0.386 e. The van der Waals surface area contributed by atoms with Gasteiger partial charge in [0.2, 0.25) is 0 Å². The average Bonchev–Trinajstić information content (AvgIpc) is 2.74. The number of aryl methyl sites for hydroxylation is 1. The summed E-state index contributed by atoms with van der Waals surface area (Å²) in [4.78, 5) is 7.04. The summed E-state index contributed by atoms with van der Waals surface area (Å²) in [5.74, 6) is 0.411. The number of halogens is 2. The molecule has 1 saturated heterocycles. The summed E-state index contributed by atoms with van der Waals surface area (Å²) in [6, 6.07) is 15.0. The van der Waals surface area contributed by atoms with Crippen molar-refractivity contribution in [1.82, 2.24) is 15.5 Å². The third kappa shape index (κ3) is 8.38. The summed E-state index contributed by atoms with van der Waals surface area (Å²) < 4.78 is 13.1. The molecule has 1 aliphatic rings.